The van der Waals surface area contributed by atoms with Gasteiger partial charge in [-0.3, -0.25) is 9.78 Å². The third-order valence-corrected chi connectivity index (χ3v) is 4.49. The molecule has 1 N–H and O–H groups in total. The molecule has 0 unspecified atom stereocenters. The van der Waals surface area contributed by atoms with E-state index in [4.69, 9.17) is 0 Å². The van der Waals surface area contributed by atoms with E-state index in [0.717, 1.165) is 24.1 Å². The standard InChI is InChI=1S/C20H21FN2O/c21-17-10-8-16(9-11-17)20(15-5-1-2-6-15)23-19(24)13-12-18-7-3-4-14-22-18/h3-4,7-15,20H,1-2,5-6H2,(H,23,24)/b13-12-/t20-/m0/s1. The van der Waals surface area contributed by atoms with E-state index < -0.39 is 0 Å². The number of benzene rings is 1. The lowest BCUT2D eigenvalue weighted by atomic mass is 9.91. The fourth-order valence-electron chi connectivity index (χ4n) is 3.27. The third-order valence-electron chi connectivity index (χ3n) is 4.49. The highest BCUT2D eigenvalue weighted by molar-refractivity contribution is 5.91. The van der Waals surface area contributed by atoms with Crippen LogP contribution in [0.5, 0.6) is 0 Å². The van der Waals surface area contributed by atoms with E-state index in [0.29, 0.717) is 5.92 Å². The minimum atomic E-state index is -0.259. The Morgan fingerprint density at radius 2 is 1.92 bits per heavy atom. The van der Waals surface area contributed by atoms with Crippen LogP contribution in [0.4, 0.5) is 4.39 Å². The van der Waals surface area contributed by atoms with Gasteiger partial charge in [0.2, 0.25) is 5.91 Å². The lowest BCUT2D eigenvalue weighted by Crippen LogP contribution is -2.31. The number of hydrogen-bond donors (Lipinski definition) is 1. The zero-order valence-electron chi connectivity index (χ0n) is 13.5. The number of aromatic nitrogens is 1. The van der Waals surface area contributed by atoms with E-state index in [1.807, 2.05) is 18.2 Å². The number of halogens is 1. The molecular weight excluding hydrogens is 303 g/mol. The van der Waals surface area contributed by atoms with Crippen LogP contribution in [0, 0.1) is 11.7 Å². The first-order valence-electron chi connectivity index (χ1n) is 8.37. The maximum Gasteiger partial charge on any atom is 0.244 e. The molecule has 0 spiro atoms. The topological polar surface area (TPSA) is 42.0 Å². The number of carbonyl (C=O) groups excluding carboxylic acids is 1. The van der Waals surface area contributed by atoms with Crippen molar-refractivity contribution < 1.29 is 9.18 Å². The fraction of sp³-hybridized carbons (Fsp3) is 0.300. The first-order chi connectivity index (χ1) is 11.7. The van der Waals surface area contributed by atoms with Gasteiger partial charge in [0.25, 0.3) is 0 Å². The number of nitrogens with zero attached hydrogens (tertiary/aromatic N) is 1. The average Bonchev–Trinajstić information content (AvgIpc) is 3.14. The number of rotatable bonds is 5. The predicted molar refractivity (Wildman–Crippen MR) is 92.5 cm³/mol. The zero-order valence-corrected chi connectivity index (χ0v) is 13.5. The van der Waals surface area contributed by atoms with Crippen molar-refractivity contribution in [3.8, 4) is 0 Å². The molecule has 0 saturated heterocycles. The summed E-state index contributed by atoms with van der Waals surface area (Å²) in [5, 5.41) is 3.09. The molecule has 3 rings (SSSR count). The second-order valence-electron chi connectivity index (χ2n) is 6.17. The van der Waals surface area contributed by atoms with E-state index in [-0.39, 0.29) is 17.8 Å². The van der Waals surface area contributed by atoms with Crippen LogP contribution in [-0.4, -0.2) is 10.9 Å². The van der Waals surface area contributed by atoms with Crippen LogP contribution in [-0.2, 0) is 4.79 Å². The zero-order chi connectivity index (χ0) is 16.8. The van der Waals surface area contributed by atoms with Crippen LogP contribution in [0.15, 0.2) is 54.7 Å². The van der Waals surface area contributed by atoms with Crippen molar-refractivity contribution in [3.05, 3.63) is 71.8 Å². The fourth-order valence-corrected chi connectivity index (χ4v) is 3.27. The summed E-state index contributed by atoms with van der Waals surface area (Å²) in [6.45, 7) is 0. The van der Waals surface area contributed by atoms with Crippen LogP contribution in [0.25, 0.3) is 6.08 Å². The molecule has 0 aliphatic heterocycles. The highest BCUT2D eigenvalue weighted by Gasteiger charge is 2.27. The van der Waals surface area contributed by atoms with Gasteiger partial charge in [-0.1, -0.05) is 31.0 Å². The smallest absolute Gasteiger partial charge is 0.244 e. The lowest BCUT2D eigenvalue weighted by Gasteiger charge is -2.24. The molecule has 1 aromatic heterocycles. The summed E-state index contributed by atoms with van der Waals surface area (Å²) >= 11 is 0. The quantitative estimate of drug-likeness (QED) is 0.834. The molecule has 3 nitrogen and oxygen atoms in total. The van der Waals surface area contributed by atoms with E-state index in [9.17, 15) is 9.18 Å². The van der Waals surface area contributed by atoms with E-state index in [1.54, 1.807) is 24.4 Å². The van der Waals surface area contributed by atoms with Gasteiger partial charge >= 0.3 is 0 Å². The van der Waals surface area contributed by atoms with Crippen LogP contribution in [0.2, 0.25) is 0 Å². The number of hydrogen-bond acceptors (Lipinski definition) is 2. The molecule has 1 aliphatic rings. The molecule has 0 bridgehead atoms. The van der Waals surface area contributed by atoms with Gasteiger partial charge in [0.1, 0.15) is 5.82 Å². The maximum atomic E-state index is 13.2. The molecule has 124 valence electrons. The molecule has 2 aromatic rings. The Kier molecular flexibility index (Phi) is 5.36. The lowest BCUT2D eigenvalue weighted by molar-refractivity contribution is -0.117. The molecule has 0 radical (unpaired) electrons. The van der Waals surface area contributed by atoms with Gasteiger partial charge in [0.15, 0.2) is 0 Å². The highest BCUT2D eigenvalue weighted by atomic mass is 19.1. The van der Waals surface area contributed by atoms with Crippen molar-refractivity contribution >= 4 is 12.0 Å². The van der Waals surface area contributed by atoms with Crippen molar-refractivity contribution in [2.45, 2.75) is 31.7 Å². The number of pyridine rings is 1. The van der Waals surface area contributed by atoms with Gasteiger partial charge < -0.3 is 5.32 Å². The molecule has 1 aliphatic carbocycles. The largest absolute Gasteiger partial charge is 0.345 e. The SMILES string of the molecule is O=C(/C=C\c1ccccn1)N[C@H](c1ccc(F)cc1)C1CCCC1. The van der Waals surface area contributed by atoms with Crippen molar-refractivity contribution in [3.63, 3.8) is 0 Å². The van der Waals surface area contributed by atoms with Crippen LogP contribution in [0.3, 0.4) is 0 Å². The van der Waals surface area contributed by atoms with Gasteiger partial charge in [-0.2, -0.15) is 0 Å². The van der Waals surface area contributed by atoms with Crippen molar-refractivity contribution in [1.29, 1.82) is 0 Å². The Morgan fingerprint density at radius 3 is 2.58 bits per heavy atom. The molecule has 1 saturated carbocycles. The first-order valence-corrected chi connectivity index (χ1v) is 8.37. The van der Waals surface area contributed by atoms with Gasteiger partial charge in [0, 0.05) is 12.3 Å². The predicted octanol–water partition coefficient (Wildman–Crippen LogP) is 4.28. The average molecular weight is 324 g/mol. The molecule has 1 heterocycles. The Labute approximate surface area is 141 Å². The Bertz CT molecular complexity index is 691. The Morgan fingerprint density at radius 1 is 1.17 bits per heavy atom. The van der Waals surface area contributed by atoms with Crippen molar-refractivity contribution in [1.82, 2.24) is 10.3 Å². The third kappa shape index (κ3) is 4.28. The van der Waals surface area contributed by atoms with E-state index in [2.05, 4.69) is 10.3 Å². The molecule has 4 heteroatoms. The Hall–Kier alpha value is -2.49. The van der Waals surface area contributed by atoms with E-state index in [1.165, 1.54) is 31.1 Å². The number of carbonyl (C=O) groups is 1. The summed E-state index contributed by atoms with van der Waals surface area (Å²) in [4.78, 5) is 16.5. The van der Waals surface area contributed by atoms with Crippen molar-refractivity contribution in [2.75, 3.05) is 0 Å². The summed E-state index contributed by atoms with van der Waals surface area (Å²) in [7, 11) is 0. The van der Waals surface area contributed by atoms with Gasteiger partial charge in [0.05, 0.1) is 11.7 Å². The van der Waals surface area contributed by atoms with Gasteiger partial charge in [-0.05, 0) is 54.7 Å². The first kappa shape index (κ1) is 16.4. The van der Waals surface area contributed by atoms with Gasteiger partial charge in [-0.25, -0.2) is 4.39 Å². The number of amides is 1. The summed E-state index contributed by atoms with van der Waals surface area (Å²) in [5.74, 6) is -0.00478. The summed E-state index contributed by atoms with van der Waals surface area (Å²) < 4.78 is 13.2. The molecule has 1 fully saturated rings. The second kappa shape index (κ2) is 7.86. The van der Waals surface area contributed by atoms with Crippen LogP contribution < -0.4 is 5.32 Å². The van der Waals surface area contributed by atoms with Crippen molar-refractivity contribution in [2.24, 2.45) is 5.92 Å². The molecule has 1 atom stereocenters. The summed E-state index contributed by atoms with van der Waals surface area (Å²) in [5.41, 5.74) is 1.70. The summed E-state index contributed by atoms with van der Waals surface area (Å²) in [6, 6.07) is 11.9. The van der Waals surface area contributed by atoms with E-state index >= 15 is 0 Å². The second-order valence-corrected chi connectivity index (χ2v) is 6.17. The molecule has 1 amide bonds. The summed E-state index contributed by atoms with van der Waals surface area (Å²) in [6.07, 6.45) is 9.44. The number of nitrogens with one attached hydrogen (secondary N) is 1. The molecule has 1 aromatic carbocycles. The maximum absolute atomic E-state index is 13.2. The minimum Gasteiger partial charge on any atom is -0.345 e. The van der Waals surface area contributed by atoms with Crippen LogP contribution in [0.1, 0.15) is 43.0 Å². The Balaban J connectivity index is 1.72. The molecular formula is C20H21FN2O. The minimum absolute atomic E-state index is 0.0750. The highest BCUT2D eigenvalue weighted by Crippen LogP contribution is 2.35. The monoisotopic (exact) mass is 324 g/mol. The normalized spacial score (nSPS) is 16.4. The molecule has 24 heavy (non-hydrogen) atoms. The van der Waals surface area contributed by atoms with Crippen LogP contribution >= 0.6 is 0 Å². The van der Waals surface area contributed by atoms with Gasteiger partial charge in [-0.15, -0.1) is 0 Å².